The monoisotopic (exact) mass is 496 g/mol. The van der Waals surface area contributed by atoms with E-state index in [0.717, 1.165) is 19.3 Å². The number of benzene rings is 1. The van der Waals surface area contributed by atoms with E-state index in [4.69, 9.17) is 14.2 Å². The number of unbranched alkanes of at least 4 members (excludes halogenated alkanes) is 7. The Morgan fingerprint density at radius 2 is 1.09 bits per heavy atom. The van der Waals surface area contributed by atoms with Crippen LogP contribution in [0.4, 0.5) is 22.0 Å². The molecule has 1 aromatic carbocycles. The molecule has 34 heavy (non-hydrogen) atoms. The predicted molar refractivity (Wildman–Crippen MR) is 123 cm³/mol. The Bertz CT molecular complexity index is 694. The fraction of sp³-hybridized carbons (Fsp3) is 0.769. The highest BCUT2D eigenvalue weighted by atomic mass is 19.2. The normalized spacial score (nSPS) is 13.1. The van der Waals surface area contributed by atoms with Crippen molar-refractivity contribution in [3.05, 3.63) is 34.6 Å². The zero-order valence-electron chi connectivity index (χ0n) is 21.3. The van der Waals surface area contributed by atoms with Crippen LogP contribution in [0.2, 0.25) is 0 Å². The molecule has 0 N–H and O–H groups in total. The van der Waals surface area contributed by atoms with Crippen LogP contribution in [0.15, 0.2) is 0 Å². The van der Waals surface area contributed by atoms with E-state index in [2.05, 4.69) is 6.92 Å². The van der Waals surface area contributed by atoms with Crippen LogP contribution in [-0.2, 0) is 20.6 Å². The Hall–Kier alpha value is -1.25. The summed E-state index contributed by atoms with van der Waals surface area (Å²) in [4.78, 5) is 0. The zero-order valence-corrected chi connectivity index (χ0v) is 21.3. The van der Waals surface area contributed by atoms with Crippen LogP contribution in [0.3, 0.4) is 0 Å². The minimum atomic E-state index is -2.13. The molecule has 1 rings (SSSR count). The third kappa shape index (κ3) is 8.76. The first-order valence-electron chi connectivity index (χ1n) is 12.4. The molecular weight excluding hydrogens is 455 g/mol. The highest BCUT2D eigenvalue weighted by Crippen LogP contribution is 2.34. The minimum Gasteiger partial charge on any atom is -0.331 e. The average Bonchev–Trinajstić information content (AvgIpc) is 2.82. The molecule has 0 bridgehead atoms. The highest BCUT2D eigenvalue weighted by Gasteiger charge is 2.41. The molecule has 1 unspecified atom stereocenters. The summed E-state index contributed by atoms with van der Waals surface area (Å²) in [6, 6.07) is 0. The molecule has 1 aromatic rings. The second-order valence-corrected chi connectivity index (χ2v) is 9.08. The molecule has 3 nitrogen and oxygen atoms in total. The van der Waals surface area contributed by atoms with E-state index in [0.29, 0.717) is 25.7 Å². The quantitative estimate of drug-likeness (QED) is 0.0674. The largest absolute Gasteiger partial charge is 0.331 e. The highest BCUT2D eigenvalue weighted by molar-refractivity contribution is 5.24. The summed E-state index contributed by atoms with van der Waals surface area (Å²) in [5.41, 5.74) is -0.758. The van der Waals surface area contributed by atoms with E-state index in [1.165, 1.54) is 25.7 Å². The first-order chi connectivity index (χ1) is 16.1. The molecule has 0 amide bonds. The summed E-state index contributed by atoms with van der Waals surface area (Å²) < 4.78 is 85.2. The summed E-state index contributed by atoms with van der Waals surface area (Å²) in [6.45, 7) is 5.98. The van der Waals surface area contributed by atoms with Crippen molar-refractivity contribution < 1.29 is 36.2 Å². The predicted octanol–water partition coefficient (Wildman–Crippen LogP) is 8.22. The topological polar surface area (TPSA) is 27.7 Å². The van der Waals surface area contributed by atoms with Gasteiger partial charge in [-0.15, -0.1) is 0 Å². The van der Waals surface area contributed by atoms with E-state index in [1.807, 2.05) is 13.8 Å². The van der Waals surface area contributed by atoms with Crippen LogP contribution >= 0.6 is 0 Å². The van der Waals surface area contributed by atoms with Crippen LogP contribution < -0.4 is 0 Å². The summed E-state index contributed by atoms with van der Waals surface area (Å²) >= 11 is 0. The SMILES string of the molecule is CCCCCCCCC(CCCCCc1c(F)c(F)c(F)c(F)c1F)C(OC)(OC)OC(C)C. The van der Waals surface area contributed by atoms with Crippen LogP contribution in [0.1, 0.15) is 97.0 Å². The van der Waals surface area contributed by atoms with Crippen molar-refractivity contribution in [2.24, 2.45) is 5.92 Å². The van der Waals surface area contributed by atoms with Gasteiger partial charge >= 0.3 is 0 Å². The molecule has 0 aliphatic heterocycles. The molecule has 0 radical (unpaired) electrons. The summed E-state index contributed by atoms with van der Waals surface area (Å²) in [6.07, 6.45) is 9.56. The first-order valence-corrected chi connectivity index (χ1v) is 12.4. The summed E-state index contributed by atoms with van der Waals surface area (Å²) in [7, 11) is 3.09. The molecule has 0 fully saturated rings. The lowest BCUT2D eigenvalue weighted by atomic mass is 9.91. The van der Waals surface area contributed by atoms with E-state index < -0.39 is 40.6 Å². The molecule has 198 valence electrons. The van der Waals surface area contributed by atoms with Crippen molar-refractivity contribution >= 4 is 0 Å². The van der Waals surface area contributed by atoms with Gasteiger partial charge in [-0.05, 0) is 39.5 Å². The first kappa shape index (κ1) is 30.8. The van der Waals surface area contributed by atoms with Gasteiger partial charge in [0.15, 0.2) is 23.3 Å². The van der Waals surface area contributed by atoms with Crippen molar-refractivity contribution in [1.29, 1.82) is 0 Å². The van der Waals surface area contributed by atoms with Crippen molar-refractivity contribution in [1.82, 2.24) is 0 Å². The van der Waals surface area contributed by atoms with E-state index in [1.54, 1.807) is 14.2 Å². The second-order valence-electron chi connectivity index (χ2n) is 9.08. The van der Waals surface area contributed by atoms with Crippen molar-refractivity contribution in [2.75, 3.05) is 14.2 Å². The van der Waals surface area contributed by atoms with Gasteiger partial charge in [-0.2, -0.15) is 0 Å². The molecule has 0 aromatic heterocycles. The molecular formula is C26H41F5O3. The van der Waals surface area contributed by atoms with Crippen LogP contribution in [0.5, 0.6) is 0 Å². The van der Waals surface area contributed by atoms with Crippen molar-refractivity contribution in [2.45, 2.75) is 110 Å². The fourth-order valence-corrected chi connectivity index (χ4v) is 4.35. The standard InChI is InChI=1S/C26H41F5O3/c1-6-7-8-9-10-12-15-19(26(32-4,33-5)34-18(2)3)16-13-11-14-17-20-21(27)23(29)25(31)24(30)22(20)28/h18-19H,6-17H2,1-5H3. The van der Waals surface area contributed by atoms with E-state index >= 15 is 0 Å². The summed E-state index contributed by atoms with van der Waals surface area (Å²) in [5.74, 6) is -10.7. The second kappa shape index (κ2) is 15.7. The third-order valence-electron chi connectivity index (χ3n) is 6.16. The minimum absolute atomic E-state index is 0.0646. The lowest BCUT2D eigenvalue weighted by Gasteiger charge is -2.39. The number of hydrogen-bond acceptors (Lipinski definition) is 3. The maximum atomic E-state index is 13.9. The van der Waals surface area contributed by atoms with Gasteiger partial charge in [-0.1, -0.05) is 58.3 Å². The Kier molecular flexibility index (Phi) is 14.2. The smallest absolute Gasteiger partial charge is 0.285 e. The van der Waals surface area contributed by atoms with Crippen LogP contribution in [0, 0.1) is 35.0 Å². The Labute approximate surface area is 201 Å². The molecule has 1 atom stereocenters. The Morgan fingerprint density at radius 3 is 1.56 bits per heavy atom. The number of rotatable bonds is 18. The number of ether oxygens (including phenoxy) is 3. The number of methoxy groups -OCH3 is 2. The molecule has 0 saturated carbocycles. The van der Waals surface area contributed by atoms with Gasteiger partial charge < -0.3 is 14.2 Å². The third-order valence-corrected chi connectivity index (χ3v) is 6.16. The van der Waals surface area contributed by atoms with Gasteiger partial charge in [0.25, 0.3) is 5.97 Å². The molecule has 0 aliphatic carbocycles. The lowest BCUT2D eigenvalue weighted by Crippen LogP contribution is -2.46. The van der Waals surface area contributed by atoms with Crippen molar-refractivity contribution in [3.63, 3.8) is 0 Å². The number of hydrogen-bond donors (Lipinski definition) is 0. The van der Waals surface area contributed by atoms with Crippen LogP contribution in [0.25, 0.3) is 0 Å². The number of halogens is 5. The van der Waals surface area contributed by atoms with Gasteiger partial charge in [-0.25, -0.2) is 22.0 Å². The molecule has 0 saturated heterocycles. The Morgan fingerprint density at radius 1 is 0.647 bits per heavy atom. The molecule has 8 heteroatoms. The average molecular weight is 497 g/mol. The fourth-order valence-electron chi connectivity index (χ4n) is 4.35. The molecule has 0 heterocycles. The van der Waals surface area contributed by atoms with Gasteiger partial charge in [0.2, 0.25) is 5.82 Å². The van der Waals surface area contributed by atoms with Crippen molar-refractivity contribution in [3.8, 4) is 0 Å². The van der Waals surface area contributed by atoms with E-state index in [9.17, 15) is 22.0 Å². The molecule has 0 aliphatic rings. The zero-order chi connectivity index (χ0) is 25.7. The lowest BCUT2D eigenvalue weighted by molar-refractivity contribution is -0.399. The van der Waals surface area contributed by atoms with Crippen LogP contribution in [-0.4, -0.2) is 26.3 Å². The molecule has 0 spiro atoms. The van der Waals surface area contributed by atoms with E-state index in [-0.39, 0.29) is 18.4 Å². The van der Waals surface area contributed by atoms with Gasteiger partial charge in [0.05, 0.1) is 6.10 Å². The Balaban J connectivity index is 2.73. The summed E-state index contributed by atoms with van der Waals surface area (Å²) in [5, 5.41) is 0. The maximum absolute atomic E-state index is 13.9. The van der Waals surface area contributed by atoms with Gasteiger partial charge in [0, 0.05) is 25.7 Å². The van der Waals surface area contributed by atoms with Gasteiger partial charge in [-0.3, -0.25) is 0 Å². The maximum Gasteiger partial charge on any atom is 0.285 e. The van der Waals surface area contributed by atoms with Gasteiger partial charge in [0.1, 0.15) is 0 Å².